The maximum absolute atomic E-state index is 13.0. The molecule has 6 nitrogen and oxygen atoms in total. The molecule has 4 rings (SSSR count). The van der Waals surface area contributed by atoms with Crippen molar-refractivity contribution in [2.45, 2.75) is 37.1 Å². The number of amides is 3. The molecule has 0 saturated carbocycles. The number of rotatable bonds is 5. The Morgan fingerprint density at radius 2 is 2.00 bits per heavy atom. The molecule has 0 bridgehead atoms. The monoisotopic (exact) mass is 409 g/mol. The van der Waals surface area contributed by atoms with Gasteiger partial charge in [-0.15, -0.1) is 11.8 Å². The zero-order chi connectivity index (χ0) is 20.5. The maximum Gasteiger partial charge on any atom is 0.255 e. The summed E-state index contributed by atoms with van der Waals surface area (Å²) in [4.78, 5) is 42.6. The van der Waals surface area contributed by atoms with Crippen molar-refractivity contribution in [3.8, 4) is 0 Å². The number of carbonyl (C=O) groups excluding carboxylic acids is 3. The van der Waals surface area contributed by atoms with Crippen LogP contribution in [0.5, 0.6) is 0 Å². The van der Waals surface area contributed by atoms with Crippen molar-refractivity contribution in [2.75, 3.05) is 27.9 Å². The maximum atomic E-state index is 13.0. The first-order valence-corrected chi connectivity index (χ1v) is 11.0. The number of nitrogens with zero attached hydrogens (tertiary/aromatic N) is 2. The highest BCUT2D eigenvalue weighted by Crippen LogP contribution is 2.41. The standard InChI is InChI=1S/C22H23N3O3S/c1-3-11-24-19-12-14(21(27)23-15-5-4-6-16(13-15)29-2)7-8-17(19)25-18(22(24)28)9-10-20(25)26/h4-8,12-13,18H,3,9-11H2,1-2H3,(H,23,27)/t18-/m0/s1. The lowest BCUT2D eigenvalue weighted by Gasteiger charge is -2.38. The van der Waals surface area contributed by atoms with E-state index < -0.39 is 6.04 Å². The van der Waals surface area contributed by atoms with Crippen LogP contribution >= 0.6 is 11.8 Å². The van der Waals surface area contributed by atoms with Crippen molar-refractivity contribution >= 4 is 46.5 Å². The van der Waals surface area contributed by atoms with Gasteiger partial charge < -0.3 is 10.2 Å². The number of carbonyl (C=O) groups is 3. The number of fused-ring (bicyclic) bond motifs is 3. The SMILES string of the molecule is CCCN1C(=O)[C@@H]2CCC(=O)N2c2ccc(C(=O)Nc3cccc(SC)c3)cc21. The molecular weight excluding hydrogens is 386 g/mol. The molecule has 1 fully saturated rings. The summed E-state index contributed by atoms with van der Waals surface area (Å²) in [6.45, 7) is 2.57. The number of nitrogens with one attached hydrogen (secondary N) is 1. The highest BCUT2D eigenvalue weighted by Gasteiger charge is 2.44. The molecule has 150 valence electrons. The van der Waals surface area contributed by atoms with E-state index in [1.54, 1.807) is 39.8 Å². The number of thioether (sulfide) groups is 1. The van der Waals surface area contributed by atoms with Crippen LogP contribution in [0.25, 0.3) is 0 Å². The number of benzene rings is 2. The summed E-state index contributed by atoms with van der Waals surface area (Å²) in [5.74, 6) is -0.341. The zero-order valence-corrected chi connectivity index (χ0v) is 17.3. The fraction of sp³-hybridized carbons (Fsp3) is 0.318. The quantitative estimate of drug-likeness (QED) is 0.760. The Bertz CT molecular complexity index is 991. The van der Waals surface area contributed by atoms with E-state index in [4.69, 9.17) is 0 Å². The van der Waals surface area contributed by atoms with Crippen molar-refractivity contribution in [1.29, 1.82) is 0 Å². The molecule has 0 spiro atoms. The van der Waals surface area contributed by atoms with E-state index in [2.05, 4.69) is 5.32 Å². The van der Waals surface area contributed by atoms with E-state index in [9.17, 15) is 14.4 Å². The van der Waals surface area contributed by atoms with Gasteiger partial charge in [-0.2, -0.15) is 0 Å². The molecule has 2 aliphatic heterocycles. The summed E-state index contributed by atoms with van der Waals surface area (Å²) >= 11 is 1.61. The summed E-state index contributed by atoms with van der Waals surface area (Å²) in [7, 11) is 0. The van der Waals surface area contributed by atoms with Gasteiger partial charge in [0.1, 0.15) is 6.04 Å². The second-order valence-electron chi connectivity index (χ2n) is 7.20. The van der Waals surface area contributed by atoms with Gasteiger partial charge in [-0.3, -0.25) is 19.3 Å². The molecular formula is C22H23N3O3S. The third kappa shape index (κ3) is 3.51. The van der Waals surface area contributed by atoms with E-state index in [1.807, 2.05) is 37.4 Å². The first kappa shape index (κ1) is 19.5. The van der Waals surface area contributed by atoms with Crippen LogP contribution in [0.3, 0.4) is 0 Å². The van der Waals surface area contributed by atoms with Crippen molar-refractivity contribution < 1.29 is 14.4 Å². The Morgan fingerprint density at radius 1 is 1.17 bits per heavy atom. The number of anilines is 3. The minimum absolute atomic E-state index is 0.0353. The van der Waals surface area contributed by atoms with Crippen LogP contribution in [0.2, 0.25) is 0 Å². The van der Waals surface area contributed by atoms with Crippen molar-refractivity contribution in [2.24, 2.45) is 0 Å². The molecule has 0 aliphatic carbocycles. The molecule has 3 amide bonds. The first-order chi connectivity index (χ1) is 14.0. The normalized spacial score (nSPS) is 17.9. The van der Waals surface area contributed by atoms with Crippen LogP contribution in [0, 0.1) is 0 Å². The topological polar surface area (TPSA) is 69.7 Å². The summed E-state index contributed by atoms with van der Waals surface area (Å²) in [6.07, 6.45) is 3.70. The van der Waals surface area contributed by atoms with E-state index in [-0.39, 0.29) is 17.7 Å². The van der Waals surface area contributed by atoms with E-state index in [0.717, 1.165) is 17.0 Å². The largest absolute Gasteiger partial charge is 0.322 e. The van der Waals surface area contributed by atoms with Crippen molar-refractivity contribution in [3.05, 3.63) is 48.0 Å². The van der Waals surface area contributed by atoms with Crippen LogP contribution in [-0.2, 0) is 9.59 Å². The number of hydrogen-bond acceptors (Lipinski definition) is 4. The van der Waals surface area contributed by atoms with E-state index >= 15 is 0 Å². The summed E-state index contributed by atoms with van der Waals surface area (Å²) < 4.78 is 0. The molecule has 1 N–H and O–H groups in total. The molecule has 0 aromatic heterocycles. The Kier molecular flexibility index (Phi) is 5.32. The van der Waals surface area contributed by atoms with Gasteiger partial charge in [-0.05, 0) is 55.5 Å². The minimum Gasteiger partial charge on any atom is -0.322 e. The average Bonchev–Trinajstić information content (AvgIpc) is 3.12. The minimum atomic E-state index is -0.421. The molecule has 0 radical (unpaired) electrons. The molecule has 2 aliphatic rings. The van der Waals surface area contributed by atoms with Gasteiger partial charge in [0, 0.05) is 29.1 Å². The lowest BCUT2D eigenvalue weighted by molar-refractivity contribution is -0.122. The number of hydrogen-bond donors (Lipinski definition) is 1. The molecule has 2 aromatic carbocycles. The van der Waals surface area contributed by atoms with Crippen LogP contribution in [0.4, 0.5) is 17.1 Å². The zero-order valence-electron chi connectivity index (χ0n) is 16.5. The van der Waals surface area contributed by atoms with Gasteiger partial charge >= 0.3 is 0 Å². The smallest absolute Gasteiger partial charge is 0.255 e. The van der Waals surface area contributed by atoms with Crippen molar-refractivity contribution in [1.82, 2.24) is 0 Å². The van der Waals surface area contributed by atoms with Gasteiger partial charge in [0.15, 0.2) is 0 Å². The molecule has 29 heavy (non-hydrogen) atoms. The summed E-state index contributed by atoms with van der Waals surface area (Å²) in [5.41, 5.74) is 2.52. The Labute approximate surface area is 174 Å². The Morgan fingerprint density at radius 3 is 2.76 bits per heavy atom. The van der Waals surface area contributed by atoms with E-state index in [0.29, 0.717) is 36.3 Å². The van der Waals surface area contributed by atoms with Gasteiger partial charge in [0.2, 0.25) is 11.8 Å². The molecule has 1 saturated heterocycles. The fourth-order valence-corrected chi connectivity index (χ4v) is 4.42. The van der Waals surface area contributed by atoms with Crippen molar-refractivity contribution in [3.63, 3.8) is 0 Å². The van der Waals surface area contributed by atoms with Gasteiger partial charge in [0.05, 0.1) is 11.4 Å². The summed E-state index contributed by atoms with van der Waals surface area (Å²) in [6, 6.07) is 12.4. The third-order valence-corrected chi connectivity index (χ3v) is 6.05. The third-order valence-electron chi connectivity index (χ3n) is 5.33. The van der Waals surface area contributed by atoms with Crippen LogP contribution < -0.4 is 15.1 Å². The Hall–Kier alpha value is -2.80. The molecule has 0 unspecified atom stereocenters. The average molecular weight is 410 g/mol. The molecule has 2 heterocycles. The second kappa shape index (κ2) is 7.91. The Balaban J connectivity index is 1.68. The first-order valence-electron chi connectivity index (χ1n) is 9.76. The second-order valence-corrected chi connectivity index (χ2v) is 8.08. The molecule has 2 aromatic rings. The van der Waals surface area contributed by atoms with Gasteiger partial charge in [0.25, 0.3) is 5.91 Å². The fourth-order valence-electron chi connectivity index (χ4n) is 3.96. The molecule has 7 heteroatoms. The van der Waals surface area contributed by atoms with E-state index in [1.165, 1.54) is 0 Å². The highest BCUT2D eigenvalue weighted by atomic mass is 32.2. The van der Waals surface area contributed by atoms with Gasteiger partial charge in [-0.25, -0.2) is 0 Å². The molecule has 1 atom stereocenters. The van der Waals surface area contributed by atoms with Crippen LogP contribution in [0.15, 0.2) is 47.4 Å². The summed E-state index contributed by atoms with van der Waals surface area (Å²) in [5, 5.41) is 2.92. The van der Waals surface area contributed by atoms with Crippen LogP contribution in [0.1, 0.15) is 36.5 Å². The van der Waals surface area contributed by atoms with Gasteiger partial charge in [-0.1, -0.05) is 13.0 Å². The lowest BCUT2D eigenvalue weighted by Crippen LogP contribution is -2.52. The van der Waals surface area contributed by atoms with Crippen LogP contribution in [-0.4, -0.2) is 36.6 Å². The highest BCUT2D eigenvalue weighted by molar-refractivity contribution is 7.98. The lowest BCUT2D eigenvalue weighted by atomic mass is 10.0. The predicted octanol–water partition coefficient (Wildman–Crippen LogP) is 3.91. The predicted molar refractivity (Wildman–Crippen MR) is 116 cm³/mol.